The summed E-state index contributed by atoms with van der Waals surface area (Å²) in [5.41, 5.74) is 0. The lowest BCUT2D eigenvalue weighted by Crippen LogP contribution is -2.08. The molecule has 3 atom stereocenters. The molecule has 0 aliphatic heterocycles. The molecule has 0 radical (unpaired) electrons. The first kappa shape index (κ1) is 9.22. The van der Waals surface area contributed by atoms with Gasteiger partial charge in [-0.15, -0.1) is 0 Å². The van der Waals surface area contributed by atoms with Crippen LogP contribution < -0.4 is 0 Å². The average Bonchev–Trinajstić information content (AvgIpc) is 2.36. The van der Waals surface area contributed by atoms with Crippen molar-refractivity contribution in [2.45, 2.75) is 51.1 Å². The van der Waals surface area contributed by atoms with Gasteiger partial charge in [0.2, 0.25) is 0 Å². The molecule has 0 spiro atoms. The lowest BCUT2D eigenvalue weighted by atomic mass is 9.58. The second kappa shape index (κ2) is 4.23. The van der Waals surface area contributed by atoms with Crippen LogP contribution in [-0.2, 0) is 0 Å². The summed E-state index contributed by atoms with van der Waals surface area (Å²) < 4.78 is 0. The zero-order valence-corrected chi connectivity index (χ0v) is 8.27. The Labute approximate surface area is 72.8 Å². The van der Waals surface area contributed by atoms with Gasteiger partial charge in [-0.3, -0.25) is 0 Å². The highest BCUT2D eigenvalue weighted by atomic mass is 14.2. The molecule has 0 amide bonds. The Kier molecular flexibility index (Phi) is 3.54. The van der Waals surface area contributed by atoms with E-state index in [2.05, 4.69) is 21.7 Å². The predicted octanol–water partition coefficient (Wildman–Crippen LogP) is 1.89. The molecule has 2 heteroatoms. The van der Waals surface area contributed by atoms with Gasteiger partial charge in [-0.05, 0) is 5.92 Å². The molecular weight excluding hydrogens is 130 g/mol. The Morgan fingerprint density at radius 3 is 2.73 bits per heavy atom. The van der Waals surface area contributed by atoms with E-state index in [1.807, 2.05) is 0 Å². The molecule has 11 heavy (non-hydrogen) atoms. The second-order valence-electron chi connectivity index (χ2n) is 4.44. The van der Waals surface area contributed by atoms with Gasteiger partial charge in [0.1, 0.15) is 15.1 Å². The van der Waals surface area contributed by atoms with Crippen LogP contribution in [-0.4, -0.2) is 15.1 Å². The van der Waals surface area contributed by atoms with Crippen molar-refractivity contribution in [2.24, 2.45) is 5.92 Å². The van der Waals surface area contributed by atoms with Gasteiger partial charge in [0.15, 0.2) is 0 Å². The third kappa shape index (κ3) is 2.57. The molecular formula is C9H20B2. The minimum atomic E-state index is 0.991. The van der Waals surface area contributed by atoms with Gasteiger partial charge in [-0.25, -0.2) is 0 Å². The fourth-order valence-electron chi connectivity index (χ4n) is 2.46. The number of rotatable bonds is 3. The summed E-state index contributed by atoms with van der Waals surface area (Å²) in [5, 5.41) is 0. The molecule has 1 aliphatic carbocycles. The van der Waals surface area contributed by atoms with Crippen LogP contribution in [0.25, 0.3) is 0 Å². The van der Waals surface area contributed by atoms with Gasteiger partial charge in [0.05, 0.1) is 0 Å². The minimum absolute atomic E-state index is 0.991. The van der Waals surface area contributed by atoms with E-state index in [-0.39, 0.29) is 0 Å². The largest absolute Gasteiger partial charge is 0.123 e. The van der Waals surface area contributed by atoms with Crippen LogP contribution in [0.4, 0.5) is 0 Å². The van der Waals surface area contributed by atoms with Crippen molar-refractivity contribution in [3.05, 3.63) is 0 Å². The van der Waals surface area contributed by atoms with Gasteiger partial charge in [-0.2, -0.15) is 0 Å². The lowest BCUT2D eigenvalue weighted by Gasteiger charge is -2.16. The summed E-state index contributed by atoms with van der Waals surface area (Å²) in [7, 11) is 3.84. The van der Waals surface area contributed by atoms with Gasteiger partial charge < -0.3 is 0 Å². The van der Waals surface area contributed by atoms with Crippen LogP contribution in [0.15, 0.2) is 0 Å². The minimum Gasteiger partial charge on any atom is -0.0800 e. The normalized spacial score (nSPS) is 33.6. The van der Waals surface area contributed by atoms with Gasteiger partial charge >= 0.3 is 0 Å². The van der Waals surface area contributed by atoms with Crippen molar-refractivity contribution >= 4 is 15.1 Å². The van der Waals surface area contributed by atoms with E-state index in [1.54, 1.807) is 0 Å². The monoisotopic (exact) mass is 150 g/mol. The first-order valence-electron chi connectivity index (χ1n) is 5.24. The van der Waals surface area contributed by atoms with Gasteiger partial charge in [0, 0.05) is 0 Å². The summed E-state index contributed by atoms with van der Waals surface area (Å²) in [4.78, 5) is 0. The molecule has 1 aliphatic rings. The number of hydrogen-bond acceptors (Lipinski definition) is 0. The Balaban J connectivity index is 2.25. The molecule has 0 aromatic heterocycles. The Hall–Kier alpha value is 0.130. The van der Waals surface area contributed by atoms with Crippen LogP contribution >= 0.6 is 0 Å². The lowest BCUT2D eigenvalue weighted by molar-refractivity contribution is 0.525. The first-order chi connectivity index (χ1) is 5.24. The highest BCUT2D eigenvalue weighted by Crippen LogP contribution is 2.39. The third-order valence-corrected chi connectivity index (χ3v) is 3.28. The molecule has 3 unspecified atom stereocenters. The highest BCUT2D eigenvalue weighted by molar-refractivity contribution is 6.37. The third-order valence-electron chi connectivity index (χ3n) is 3.28. The molecule has 0 aromatic rings. The van der Waals surface area contributed by atoms with E-state index in [4.69, 9.17) is 0 Å². The van der Waals surface area contributed by atoms with E-state index in [0.717, 1.165) is 17.6 Å². The molecule has 1 saturated carbocycles. The molecule has 0 saturated heterocycles. The summed E-state index contributed by atoms with van der Waals surface area (Å²) in [6.45, 7) is 4.74. The van der Waals surface area contributed by atoms with Crippen molar-refractivity contribution in [3.8, 4) is 0 Å². The fraction of sp³-hybridized carbons (Fsp3) is 1.00. The van der Waals surface area contributed by atoms with Gasteiger partial charge in [-0.1, -0.05) is 51.1 Å². The zero-order chi connectivity index (χ0) is 8.27. The summed E-state index contributed by atoms with van der Waals surface area (Å²) >= 11 is 0. The van der Waals surface area contributed by atoms with Crippen molar-refractivity contribution < 1.29 is 0 Å². The van der Waals surface area contributed by atoms with Crippen LogP contribution in [0.1, 0.15) is 33.1 Å². The maximum atomic E-state index is 2.44. The van der Waals surface area contributed by atoms with E-state index in [0.29, 0.717) is 0 Å². The van der Waals surface area contributed by atoms with E-state index < -0.39 is 0 Å². The Bertz CT molecular complexity index is 114. The van der Waals surface area contributed by atoms with E-state index >= 15 is 0 Å². The first-order valence-corrected chi connectivity index (χ1v) is 5.24. The van der Waals surface area contributed by atoms with Crippen molar-refractivity contribution in [1.82, 2.24) is 0 Å². The molecule has 0 heterocycles. The van der Waals surface area contributed by atoms with Crippen LogP contribution in [0.3, 0.4) is 0 Å². The number of hydrogen-bond donors (Lipinski definition) is 0. The molecule has 0 aromatic carbocycles. The molecule has 0 bridgehead atoms. The standard InChI is InChI=1S/C9H20B2/c1-3-11-7(2)8-4-5-9(10)6-8/h7-9,11H,3-6,10H2,1-2H3. The maximum Gasteiger partial charge on any atom is 0.123 e. The molecule has 1 fully saturated rings. The Morgan fingerprint density at radius 2 is 2.27 bits per heavy atom. The van der Waals surface area contributed by atoms with Crippen LogP contribution in [0, 0.1) is 5.92 Å². The predicted molar refractivity (Wildman–Crippen MR) is 56.7 cm³/mol. The molecule has 1 rings (SSSR count). The van der Waals surface area contributed by atoms with E-state index in [9.17, 15) is 0 Å². The summed E-state index contributed by atoms with van der Waals surface area (Å²) in [5.74, 6) is 3.06. The summed E-state index contributed by atoms with van der Waals surface area (Å²) in [6, 6.07) is 0. The van der Waals surface area contributed by atoms with Crippen molar-refractivity contribution in [1.29, 1.82) is 0 Å². The Morgan fingerprint density at radius 1 is 1.55 bits per heavy atom. The molecule has 0 N–H and O–H groups in total. The summed E-state index contributed by atoms with van der Waals surface area (Å²) in [6.07, 6.45) is 5.86. The SMILES string of the molecule is BC1CCC(C(C)BCC)C1. The fourth-order valence-corrected chi connectivity index (χ4v) is 2.46. The second-order valence-corrected chi connectivity index (χ2v) is 4.44. The topological polar surface area (TPSA) is 0 Å². The zero-order valence-electron chi connectivity index (χ0n) is 8.27. The van der Waals surface area contributed by atoms with Crippen molar-refractivity contribution in [3.63, 3.8) is 0 Å². The van der Waals surface area contributed by atoms with E-state index in [1.165, 1.54) is 32.9 Å². The van der Waals surface area contributed by atoms with Gasteiger partial charge in [0.25, 0.3) is 0 Å². The molecule has 62 valence electrons. The molecule has 0 nitrogen and oxygen atoms in total. The van der Waals surface area contributed by atoms with Crippen LogP contribution in [0.2, 0.25) is 18.0 Å². The quantitative estimate of drug-likeness (QED) is 0.538. The van der Waals surface area contributed by atoms with Crippen LogP contribution in [0.5, 0.6) is 0 Å². The average molecular weight is 150 g/mol. The smallest absolute Gasteiger partial charge is 0.0800 e. The van der Waals surface area contributed by atoms with Crippen molar-refractivity contribution in [2.75, 3.05) is 0 Å². The maximum absolute atomic E-state index is 2.44. The highest BCUT2D eigenvalue weighted by Gasteiger charge is 2.25.